The molecule has 0 saturated carbocycles. The predicted molar refractivity (Wildman–Crippen MR) is 158 cm³/mol. The molecule has 1 aliphatic heterocycles. The molecular weight excluding hydrogens is 555 g/mol. The maximum Gasteiger partial charge on any atom is 0.227 e. The molecule has 1 saturated heterocycles. The van der Waals surface area contributed by atoms with E-state index >= 15 is 0 Å². The SMILES string of the molecule is Clc1cccc(-c2nc(-c3c(Cl)cccc3Cl)[nH]c2-c2ccnc(Nc3ccc(N4CCOCC4)cc3)n2)c1. The molecule has 3 heterocycles. The van der Waals surface area contributed by atoms with E-state index < -0.39 is 0 Å². The number of H-pyrrole nitrogens is 1. The monoisotopic (exact) mass is 576 g/mol. The molecule has 0 aliphatic carbocycles. The number of aromatic amines is 1. The summed E-state index contributed by atoms with van der Waals surface area (Å²) < 4.78 is 5.46. The van der Waals surface area contributed by atoms with Crippen molar-refractivity contribution in [2.75, 3.05) is 36.5 Å². The summed E-state index contributed by atoms with van der Waals surface area (Å²) in [5.74, 6) is 0.984. The Labute approximate surface area is 240 Å². The predicted octanol–water partition coefficient (Wildman–Crippen LogP) is 7.74. The van der Waals surface area contributed by atoms with E-state index in [-0.39, 0.29) is 0 Å². The molecule has 0 spiro atoms. The molecular formula is C29H23Cl3N6O. The van der Waals surface area contributed by atoms with Crippen LogP contribution in [0.25, 0.3) is 34.0 Å². The van der Waals surface area contributed by atoms with Crippen LogP contribution in [-0.4, -0.2) is 46.2 Å². The molecule has 0 radical (unpaired) electrons. The number of morpholine rings is 1. The summed E-state index contributed by atoms with van der Waals surface area (Å²) in [6, 6.07) is 22.9. The summed E-state index contributed by atoms with van der Waals surface area (Å²) >= 11 is 19.3. The largest absolute Gasteiger partial charge is 0.378 e. The average molecular weight is 578 g/mol. The fourth-order valence-electron chi connectivity index (χ4n) is 4.51. The molecule has 0 unspecified atom stereocenters. The van der Waals surface area contributed by atoms with E-state index in [1.54, 1.807) is 24.4 Å². The lowest BCUT2D eigenvalue weighted by Crippen LogP contribution is -2.36. The molecule has 3 aromatic carbocycles. The van der Waals surface area contributed by atoms with Crippen LogP contribution in [0, 0.1) is 0 Å². The molecule has 196 valence electrons. The number of ether oxygens (including phenoxy) is 1. The average Bonchev–Trinajstić information content (AvgIpc) is 3.39. The Kier molecular flexibility index (Phi) is 7.39. The van der Waals surface area contributed by atoms with Crippen LogP contribution in [0.2, 0.25) is 15.1 Å². The van der Waals surface area contributed by atoms with E-state index in [4.69, 9.17) is 49.5 Å². The van der Waals surface area contributed by atoms with Gasteiger partial charge in [-0.1, -0.05) is 53.0 Å². The van der Waals surface area contributed by atoms with E-state index in [0.29, 0.717) is 49.5 Å². The van der Waals surface area contributed by atoms with Gasteiger partial charge >= 0.3 is 0 Å². The van der Waals surface area contributed by atoms with Crippen LogP contribution in [0.1, 0.15) is 0 Å². The number of hydrogen-bond donors (Lipinski definition) is 2. The van der Waals surface area contributed by atoms with Gasteiger partial charge in [-0.25, -0.2) is 15.0 Å². The van der Waals surface area contributed by atoms with Gasteiger partial charge in [-0.3, -0.25) is 0 Å². The molecule has 0 atom stereocenters. The van der Waals surface area contributed by atoms with Crippen molar-refractivity contribution >= 4 is 52.1 Å². The summed E-state index contributed by atoms with van der Waals surface area (Å²) in [7, 11) is 0. The highest BCUT2D eigenvalue weighted by Crippen LogP contribution is 2.38. The van der Waals surface area contributed by atoms with Gasteiger partial charge in [0.05, 0.1) is 45.9 Å². The highest BCUT2D eigenvalue weighted by atomic mass is 35.5. The second-order valence-electron chi connectivity index (χ2n) is 8.95. The molecule has 6 rings (SSSR count). The first kappa shape index (κ1) is 25.6. The van der Waals surface area contributed by atoms with Crippen LogP contribution in [0.3, 0.4) is 0 Å². The van der Waals surface area contributed by atoms with Crippen LogP contribution >= 0.6 is 34.8 Å². The van der Waals surface area contributed by atoms with E-state index in [9.17, 15) is 0 Å². The van der Waals surface area contributed by atoms with Gasteiger partial charge in [0.2, 0.25) is 5.95 Å². The molecule has 39 heavy (non-hydrogen) atoms. The maximum atomic E-state index is 6.51. The van der Waals surface area contributed by atoms with Gasteiger partial charge in [-0.2, -0.15) is 0 Å². The van der Waals surface area contributed by atoms with E-state index in [1.807, 2.05) is 42.5 Å². The molecule has 1 aliphatic rings. The lowest BCUT2D eigenvalue weighted by molar-refractivity contribution is 0.122. The normalized spacial score (nSPS) is 13.5. The Hall–Kier alpha value is -3.62. The first-order valence-corrected chi connectivity index (χ1v) is 13.5. The third-order valence-electron chi connectivity index (χ3n) is 6.41. The minimum absolute atomic E-state index is 0.454. The zero-order valence-corrected chi connectivity index (χ0v) is 22.9. The van der Waals surface area contributed by atoms with Crippen LogP contribution < -0.4 is 10.2 Å². The number of benzene rings is 3. The lowest BCUT2D eigenvalue weighted by atomic mass is 10.1. The molecule has 0 amide bonds. The minimum Gasteiger partial charge on any atom is -0.378 e. The zero-order valence-electron chi connectivity index (χ0n) is 20.7. The highest BCUT2D eigenvalue weighted by molar-refractivity contribution is 6.39. The van der Waals surface area contributed by atoms with Crippen molar-refractivity contribution in [1.82, 2.24) is 19.9 Å². The van der Waals surface area contributed by atoms with Gasteiger partial charge in [0.15, 0.2) is 0 Å². The first-order chi connectivity index (χ1) is 19.0. The van der Waals surface area contributed by atoms with Gasteiger partial charge < -0.3 is 19.9 Å². The van der Waals surface area contributed by atoms with Crippen LogP contribution in [0.15, 0.2) is 79.0 Å². The van der Waals surface area contributed by atoms with Gasteiger partial charge in [-0.05, 0) is 54.6 Å². The van der Waals surface area contributed by atoms with E-state index in [1.165, 1.54) is 0 Å². The van der Waals surface area contributed by atoms with Crippen molar-refractivity contribution in [3.05, 3.63) is 94.1 Å². The quantitative estimate of drug-likeness (QED) is 0.215. The van der Waals surface area contributed by atoms with Crippen molar-refractivity contribution in [3.63, 3.8) is 0 Å². The number of rotatable bonds is 6. The molecule has 10 heteroatoms. The van der Waals surface area contributed by atoms with Gasteiger partial charge in [-0.15, -0.1) is 0 Å². The molecule has 5 aromatic rings. The van der Waals surface area contributed by atoms with Crippen molar-refractivity contribution in [2.45, 2.75) is 0 Å². The van der Waals surface area contributed by atoms with Crippen molar-refractivity contribution in [2.24, 2.45) is 0 Å². The number of aromatic nitrogens is 4. The van der Waals surface area contributed by atoms with Gasteiger partial charge in [0, 0.05) is 41.2 Å². The minimum atomic E-state index is 0.454. The highest BCUT2D eigenvalue weighted by Gasteiger charge is 2.20. The third kappa shape index (κ3) is 5.58. The summed E-state index contributed by atoms with van der Waals surface area (Å²) in [5.41, 5.74) is 5.49. The second kappa shape index (κ2) is 11.2. The van der Waals surface area contributed by atoms with Gasteiger partial charge in [0.1, 0.15) is 5.82 Å². The lowest BCUT2D eigenvalue weighted by Gasteiger charge is -2.28. The summed E-state index contributed by atoms with van der Waals surface area (Å²) in [6.45, 7) is 3.27. The number of imidazole rings is 1. The number of nitrogens with zero attached hydrogens (tertiary/aromatic N) is 4. The summed E-state index contributed by atoms with van der Waals surface area (Å²) in [4.78, 5) is 19.8. The van der Waals surface area contributed by atoms with Crippen molar-refractivity contribution in [1.29, 1.82) is 0 Å². The number of nitrogens with one attached hydrogen (secondary N) is 2. The van der Waals surface area contributed by atoms with E-state index in [0.717, 1.165) is 43.2 Å². The number of hydrogen-bond acceptors (Lipinski definition) is 6. The molecule has 1 fully saturated rings. The van der Waals surface area contributed by atoms with Crippen molar-refractivity contribution in [3.8, 4) is 34.0 Å². The number of halogens is 3. The standard InChI is InChI=1S/C29H23Cl3N6O/c30-19-4-1-3-18(17-19)26-27(37-28(36-26)25-22(31)5-2-6-23(25)32)24-11-12-33-29(35-24)34-20-7-9-21(10-8-20)38-13-15-39-16-14-38/h1-12,17H,13-16H2,(H,36,37)(H,33,34,35). The smallest absolute Gasteiger partial charge is 0.227 e. The second-order valence-corrected chi connectivity index (χ2v) is 10.2. The number of anilines is 3. The Bertz CT molecular complexity index is 1600. The maximum absolute atomic E-state index is 6.51. The van der Waals surface area contributed by atoms with E-state index in [2.05, 4.69) is 32.3 Å². The molecule has 2 N–H and O–H groups in total. The molecule has 0 bridgehead atoms. The van der Waals surface area contributed by atoms with Crippen LogP contribution in [-0.2, 0) is 4.74 Å². The Balaban J connectivity index is 1.35. The summed E-state index contributed by atoms with van der Waals surface area (Å²) in [5, 5.41) is 4.89. The first-order valence-electron chi connectivity index (χ1n) is 12.4. The molecule has 7 nitrogen and oxygen atoms in total. The third-order valence-corrected chi connectivity index (χ3v) is 7.28. The Morgan fingerprint density at radius 3 is 2.33 bits per heavy atom. The summed E-state index contributed by atoms with van der Waals surface area (Å²) in [6.07, 6.45) is 1.71. The fourth-order valence-corrected chi connectivity index (χ4v) is 5.28. The Morgan fingerprint density at radius 2 is 1.59 bits per heavy atom. The Morgan fingerprint density at radius 1 is 0.846 bits per heavy atom. The zero-order chi connectivity index (χ0) is 26.8. The van der Waals surface area contributed by atoms with Gasteiger partial charge in [0.25, 0.3) is 0 Å². The topological polar surface area (TPSA) is 79.0 Å². The molecule has 2 aromatic heterocycles. The fraction of sp³-hybridized carbons (Fsp3) is 0.138. The van der Waals surface area contributed by atoms with Crippen molar-refractivity contribution < 1.29 is 4.74 Å². The van der Waals surface area contributed by atoms with Crippen LogP contribution in [0.5, 0.6) is 0 Å². The van der Waals surface area contributed by atoms with Crippen LogP contribution in [0.4, 0.5) is 17.3 Å².